The van der Waals surface area contributed by atoms with E-state index >= 15 is 0 Å². The molecule has 22 heavy (non-hydrogen) atoms. The second kappa shape index (κ2) is 6.10. The Hall–Kier alpha value is -1.85. The average Bonchev–Trinajstić information content (AvgIpc) is 2.84. The number of nitrogens with one attached hydrogen (secondary N) is 2. The van der Waals surface area contributed by atoms with E-state index in [4.69, 9.17) is 0 Å². The van der Waals surface area contributed by atoms with E-state index in [0.29, 0.717) is 18.3 Å². The molecule has 0 saturated heterocycles. The molecule has 1 aromatic rings. The summed E-state index contributed by atoms with van der Waals surface area (Å²) in [5.41, 5.74) is 1.50. The number of aromatic nitrogens is 2. The first kappa shape index (κ1) is 15.1. The number of carbonyl (C=O) groups is 2. The van der Waals surface area contributed by atoms with Crippen molar-refractivity contribution in [3.05, 3.63) is 17.7 Å². The molecule has 6 nitrogen and oxygen atoms in total. The molecule has 1 aliphatic carbocycles. The van der Waals surface area contributed by atoms with Crippen molar-refractivity contribution < 1.29 is 9.59 Å². The fourth-order valence-electron chi connectivity index (χ4n) is 3.08. The van der Waals surface area contributed by atoms with Crippen LogP contribution in [0.1, 0.15) is 55.7 Å². The zero-order chi connectivity index (χ0) is 15.7. The van der Waals surface area contributed by atoms with Gasteiger partial charge in [0.05, 0.1) is 17.9 Å². The van der Waals surface area contributed by atoms with Gasteiger partial charge < -0.3 is 15.2 Å². The van der Waals surface area contributed by atoms with E-state index < -0.39 is 0 Å². The molecule has 2 amide bonds. The largest absolute Gasteiger partial charge is 0.354 e. The minimum absolute atomic E-state index is 0.0355. The number of hydrogen-bond acceptors (Lipinski definition) is 3. The lowest BCUT2D eigenvalue weighted by atomic mass is 9.92. The molecule has 1 aliphatic heterocycles. The average molecular weight is 304 g/mol. The third-order valence-corrected chi connectivity index (χ3v) is 4.55. The van der Waals surface area contributed by atoms with Crippen LogP contribution in [-0.4, -0.2) is 33.4 Å². The van der Waals surface area contributed by atoms with Crippen LogP contribution in [-0.2, 0) is 17.8 Å². The number of imidazole rings is 1. The molecule has 0 aromatic carbocycles. The van der Waals surface area contributed by atoms with Gasteiger partial charge in [0.25, 0.3) is 5.91 Å². The van der Waals surface area contributed by atoms with Crippen molar-refractivity contribution in [2.24, 2.45) is 5.92 Å². The Morgan fingerprint density at radius 2 is 2.09 bits per heavy atom. The molecule has 1 saturated carbocycles. The number of fused-ring (bicyclic) bond motifs is 1. The Kier molecular flexibility index (Phi) is 4.18. The molecule has 120 valence electrons. The predicted octanol–water partition coefficient (Wildman–Crippen LogP) is 1.25. The highest BCUT2D eigenvalue weighted by Gasteiger charge is 2.30. The summed E-state index contributed by atoms with van der Waals surface area (Å²) in [6.45, 7) is 4.54. The SMILES string of the molecule is CC(C)NC(=O)C1CCc2c(C(=O)NC3CCC3)ncn2C1. The highest BCUT2D eigenvalue weighted by atomic mass is 16.2. The normalized spacial score (nSPS) is 21.1. The van der Waals surface area contributed by atoms with Gasteiger partial charge in [0, 0.05) is 18.6 Å². The van der Waals surface area contributed by atoms with Gasteiger partial charge in [0.1, 0.15) is 5.69 Å². The van der Waals surface area contributed by atoms with Crippen molar-refractivity contribution in [3.63, 3.8) is 0 Å². The summed E-state index contributed by atoms with van der Waals surface area (Å²) in [7, 11) is 0. The molecule has 2 aliphatic rings. The topological polar surface area (TPSA) is 76.0 Å². The third-order valence-electron chi connectivity index (χ3n) is 4.55. The van der Waals surface area contributed by atoms with Crippen LogP contribution >= 0.6 is 0 Å². The maximum atomic E-state index is 12.3. The first-order chi connectivity index (χ1) is 10.5. The van der Waals surface area contributed by atoms with Gasteiger partial charge in [0.15, 0.2) is 0 Å². The molecule has 0 spiro atoms. The van der Waals surface area contributed by atoms with Gasteiger partial charge in [-0.2, -0.15) is 0 Å². The molecule has 0 bridgehead atoms. The maximum Gasteiger partial charge on any atom is 0.271 e. The van der Waals surface area contributed by atoms with Gasteiger partial charge in [-0.25, -0.2) is 4.98 Å². The van der Waals surface area contributed by atoms with Gasteiger partial charge in [0.2, 0.25) is 5.91 Å². The lowest BCUT2D eigenvalue weighted by molar-refractivity contribution is -0.126. The van der Waals surface area contributed by atoms with Crippen molar-refractivity contribution in [1.82, 2.24) is 20.2 Å². The second-order valence-corrected chi connectivity index (χ2v) is 6.69. The van der Waals surface area contributed by atoms with Gasteiger partial charge in [-0.05, 0) is 46.0 Å². The van der Waals surface area contributed by atoms with Crippen LogP contribution in [0.2, 0.25) is 0 Å². The molecule has 0 radical (unpaired) electrons. The summed E-state index contributed by atoms with van der Waals surface area (Å²) >= 11 is 0. The molecule has 1 aromatic heterocycles. The number of nitrogens with zero attached hydrogens (tertiary/aromatic N) is 2. The van der Waals surface area contributed by atoms with Crippen LogP contribution in [0.25, 0.3) is 0 Å². The molecule has 6 heteroatoms. The summed E-state index contributed by atoms with van der Waals surface area (Å²) < 4.78 is 1.96. The van der Waals surface area contributed by atoms with Crippen molar-refractivity contribution in [1.29, 1.82) is 0 Å². The Labute approximate surface area is 130 Å². The quantitative estimate of drug-likeness (QED) is 0.879. The van der Waals surface area contributed by atoms with Crippen molar-refractivity contribution >= 4 is 11.8 Å². The van der Waals surface area contributed by atoms with Crippen molar-refractivity contribution in [2.75, 3.05) is 0 Å². The van der Waals surface area contributed by atoms with Crippen LogP contribution in [0, 0.1) is 5.92 Å². The molecule has 1 unspecified atom stereocenters. The lowest BCUT2D eigenvalue weighted by Gasteiger charge is -2.27. The van der Waals surface area contributed by atoms with Gasteiger partial charge in [-0.1, -0.05) is 0 Å². The van der Waals surface area contributed by atoms with E-state index in [-0.39, 0.29) is 23.8 Å². The van der Waals surface area contributed by atoms with Crippen LogP contribution in [0.3, 0.4) is 0 Å². The monoisotopic (exact) mass is 304 g/mol. The van der Waals surface area contributed by atoms with E-state index in [9.17, 15) is 9.59 Å². The molecule has 1 atom stereocenters. The summed E-state index contributed by atoms with van der Waals surface area (Å²) in [4.78, 5) is 28.7. The Bertz CT molecular complexity index is 575. The van der Waals surface area contributed by atoms with Gasteiger partial charge >= 0.3 is 0 Å². The summed E-state index contributed by atoms with van der Waals surface area (Å²) in [5, 5.41) is 6.00. The minimum Gasteiger partial charge on any atom is -0.354 e. The first-order valence-corrected chi connectivity index (χ1v) is 8.20. The van der Waals surface area contributed by atoms with E-state index in [0.717, 1.165) is 31.4 Å². The Morgan fingerprint density at radius 1 is 1.32 bits per heavy atom. The van der Waals surface area contributed by atoms with Gasteiger partial charge in [-0.3, -0.25) is 9.59 Å². The molecule has 2 N–H and O–H groups in total. The maximum absolute atomic E-state index is 12.3. The van der Waals surface area contributed by atoms with E-state index in [1.807, 2.05) is 18.4 Å². The fraction of sp³-hybridized carbons (Fsp3) is 0.688. The first-order valence-electron chi connectivity index (χ1n) is 8.20. The summed E-state index contributed by atoms with van der Waals surface area (Å²) in [5.74, 6) is -0.00926. The third kappa shape index (κ3) is 3.00. The highest BCUT2D eigenvalue weighted by Crippen LogP contribution is 2.24. The van der Waals surface area contributed by atoms with Crippen LogP contribution in [0.4, 0.5) is 0 Å². The van der Waals surface area contributed by atoms with E-state index in [1.165, 1.54) is 6.42 Å². The molecule has 2 heterocycles. The van der Waals surface area contributed by atoms with Crippen molar-refractivity contribution in [3.8, 4) is 0 Å². The Morgan fingerprint density at radius 3 is 2.73 bits per heavy atom. The zero-order valence-corrected chi connectivity index (χ0v) is 13.3. The van der Waals surface area contributed by atoms with Crippen LogP contribution in [0.5, 0.6) is 0 Å². The lowest BCUT2D eigenvalue weighted by Crippen LogP contribution is -2.41. The number of amides is 2. The van der Waals surface area contributed by atoms with E-state index in [1.54, 1.807) is 6.33 Å². The number of carbonyl (C=O) groups excluding carboxylic acids is 2. The van der Waals surface area contributed by atoms with Crippen LogP contribution in [0.15, 0.2) is 6.33 Å². The smallest absolute Gasteiger partial charge is 0.271 e. The van der Waals surface area contributed by atoms with Crippen LogP contribution < -0.4 is 10.6 Å². The summed E-state index contributed by atoms with van der Waals surface area (Å²) in [6, 6.07) is 0.471. The predicted molar refractivity (Wildman–Crippen MR) is 82.4 cm³/mol. The molecule has 1 fully saturated rings. The molecular formula is C16H24N4O2. The second-order valence-electron chi connectivity index (χ2n) is 6.69. The zero-order valence-electron chi connectivity index (χ0n) is 13.3. The summed E-state index contributed by atoms with van der Waals surface area (Å²) in [6.07, 6.45) is 6.52. The van der Waals surface area contributed by atoms with Crippen molar-refractivity contribution in [2.45, 2.75) is 64.6 Å². The van der Waals surface area contributed by atoms with E-state index in [2.05, 4.69) is 15.6 Å². The number of rotatable bonds is 4. The minimum atomic E-state index is -0.0662. The molecular weight excluding hydrogens is 280 g/mol. The Balaban J connectivity index is 1.66. The van der Waals surface area contributed by atoms with Gasteiger partial charge in [-0.15, -0.1) is 0 Å². The fourth-order valence-corrected chi connectivity index (χ4v) is 3.08. The number of hydrogen-bond donors (Lipinski definition) is 2. The standard InChI is InChI=1S/C16H24N4O2/c1-10(2)18-15(21)11-6-7-13-14(17-9-20(13)8-11)16(22)19-12-4-3-5-12/h9-12H,3-8H2,1-2H3,(H,18,21)(H,19,22). The molecule has 3 rings (SSSR count). The highest BCUT2D eigenvalue weighted by molar-refractivity contribution is 5.93.